The molecule has 1 aromatic rings. The molecule has 0 spiro atoms. The van der Waals surface area contributed by atoms with E-state index in [9.17, 15) is 4.79 Å². The van der Waals surface area contributed by atoms with E-state index in [1.165, 1.54) is 5.56 Å². The first-order valence-corrected chi connectivity index (χ1v) is 8.33. The van der Waals surface area contributed by atoms with Gasteiger partial charge in [-0.1, -0.05) is 35.4 Å². The third kappa shape index (κ3) is 4.03. The summed E-state index contributed by atoms with van der Waals surface area (Å²) in [5.41, 5.74) is 9.76. The Kier molecular flexibility index (Phi) is 5.16. The quantitative estimate of drug-likeness (QED) is 0.476. The molecular weight excluding hydrogens is 290 g/mol. The van der Waals surface area contributed by atoms with Gasteiger partial charge in [0.15, 0.2) is 0 Å². The molecule has 1 unspecified atom stereocenters. The second-order valence-electron chi connectivity index (χ2n) is 6.55. The zero-order valence-electron chi connectivity index (χ0n) is 13.3. The van der Waals surface area contributed by atoms with E-state index < -0.39 is 0 Å². The Bertz CT molecular complexity index is 584. The molecule has 2 fully saturated rings. The summed E-state index contributed by atoms with van der Waals surface area (Å²) in [5, 5.41) is 3.63. The largest absolute Gasteiger partial charge is 0.338 e. The summed E-state index contributed by atoms with van der Waals surface area (Å²) in [6, 6.07) is 10.8. The average Bonchev–Trinajstić information content (AvgIpc) is 2.95. The van der Waals surface area contributed by atoms with Gasteiger partial charge in [-0.25, -0.2) is 0 Å². The highest BCUT2D eigenvalue weighted by molar-refractivity contribution is 5.79. The van der Waals surface area contributed by atoms with Gasteiger partial charge in [0.1, 0.15) is 0 Å². The summed E-state index contributed by atoms with van der Waals surface area (Å²) < 4.78 is 0. The van der Waals surface area contributed by atoms with Gasteiger partial charge in [0.05, 0.1) is 0 Å². The van der Waals surface area contributed by atoms with E-state index in [1.807, 2.05) is 11.0 Å². The SMILES string of the molecule is [N-]=[N+]=NCC1CC(=O)N([C@@H]2CCCN(Cc3ccccc3)C2)C1. The highest BCUT2D eigenvalue weighted by Crippen LogP contribution is 2.25. The molecule has 1 aromatic carbocycles. The van der Waals surface area contributed by atoms with Crippen molar-refractivity contribution < 1.29 is 4.79 Å². The summed E-state index contributed by atoms with van der Waals surface area (Å²) in [7, 11) is 0. The molecule has 2 atom stereocenters. The minimum atomic E-state index is 0.183. The van der Waals surface area contributed by atoms with E-state index in [0.717, 1.165) is 39.0 Å². The number of amides is 1. The van der Waals surface area contributed by atoms with Gasteiger partial charge in [-0.2, -0.15) is 0 Å². The first-order valence-electron chi connectivity index (χ1n) is 8.33. The Morgan fingerprint density at radius 3 is 2.87 bits per heavy atom. The molecule has 6 heteroatoms. The van der Waals surface area contributed by atoms with Crippen molar-refractivity contribution in [2.75, 3.05) is 26.2 Å². The molecule has 0 aromatic heterocycles. The third-order valence-corrected chi connectivity index (χ3v) is 4.81. The lowest BCUT2D eigenvalue weighted by Gasteiger charge is -2.37. The number of nitrogens with zero attached hydrogens (tertiary/aromatic N) is 5. The van der Waals surface area contributed by atoms with Gasteiger partial charge in [0, 0.05) is 43.6 Å². The van der Waals surface area contributed by atoms with Crippen molar-refractivity contribution in [2.24, 2.45) is 11.0 Å². The predicted molar refractivity (Wildman–Crippen MR) is 88.6 cm³/mol. The second-order valence-corrected chi connectivity index (χ2v) is 6.55. The normalized spacial score (nSPS) is 25.4. The maximum absolute atomic E-state index is 12.3. The summed E-state index contributed by atoms with van der Waals surface area (Å²) in [6.45, 7) is 4.15. The molecule has 2 heterocycles. The van der Waals surface area contributed by atoms with Gasteiger partial charge in [0.25, 0.3) is 0 Å². The summed E-state index contributed by atoms with van der Waals surface area (Å²) >= 11 is 0. The van der Waals surface area contributed by atoms with Crippen LogP contribution in [0.15, 0.2) is 35.4 Å². The van der Waals surface area contributed by atoms with Gasteiger partial charge >= 0.3 is 0 Å². The fourth-order valence-electron chi connectivity index (χ4n) is 3.71. The number of carbonyl (C=O) groups excluding carboxylic acids is 1. The first-order chi connectivity index (χ1) is 11.3. The summed E-state index contributed by atoms with van der Waals surface area (Å²) in [5.74, 6) is 0.401. The van der Waals surface area contributed by atoms with Crippen LogP contribution in [0.2, 0.25) is 0 Å². The Morgan fingerprint density at radius 2 is 2.09 bits per heavy atom. The molecule has 0 radical (unpaired) electrons. The maximum atomic E-state index is 12.3. The number of carbonyl (C=O) groups is 1. The number of rotatable bonds is 5. The van der Waals surface area contributed by atoms with E-state index in [0.29, 0.717) is 19.0 Å². The molecule has 0 bridgehead atoms. The molecule has 23 heavy (non-hydrogen) atoms. The molecule has 122 valence electrons. The van der Waals surface area contributed by atoms with Crippen molar-refractivity contribution in [1.29, 1.82) is 0 Å². The standard InChI is InChI=1S/C17H23N5O/c18-20-19-10-15-9-17(23)22(12-15)16-7-4-8-21(13-16)11-14-5-2-1-3-6-14/h1-3,5-6,15-16H,4,7-13H2/t15?,16-/m1/s1. The Morgan fingerprint density at radius 1 is 1.26 bits per heavy atom. The monoisotopic (exact) mass is 313 g/mol. The van der Waals surface area contributed by atoms with Crippen molar-refractivity contribution >= 4 is 5.91 Å². The fraction of sp³-hybridized carbons (Fsp3) is 0.588. The smallest absolute Gasteiger partial charge is 0.223 e. The van der Waals surface area contributed by atoms with Crippen LogP contribution in [-0.2, 0) is 11.3 Å². The lowest BCUT2D eigenvalue weighted by atomic mass is 10.0. The van der Waals surface area contributed by atoms with Gasteiger partial charge in [0.2, 0.25) is 5.91 Å². The zero-order chi connectivity index (χ0) is 16.1. The van der Waals surface area contributed by atoms with Crippen LogP contribution in [0.4, 0.5) is 0 Å². The molecule has 0 N–H and O–H groups in total. The van der Waals surface area contributed by atoms with E-state index in [-0.39, 0.29) is 11.8 Å². The number of hydrogen-bond acceptors (Lipinski definition) is 3. The van der Waals surface area contributed by atoms with Crippen molar-refractivity contribution in [2.45, 2.75) is 31.8 Å². The number of piperidine rings is 1. The zero-order valence-corrected chi connectivity index (χ0v) is 13.3. The Labute approximate surface area is 136 Å². The third-order valence-electron chi connectivity index (χ3n) is 4.81. The topological polar surface area (TPSA) is 72.3 Å². The molecule has 0 saturated carbocycles. The predicted octanol–water partition coefficient (Wildman–Crippen LogP) is 2.81. The minimum absolute atomic E-state index is 0.183. The molecule has 0 aliphatic carbocycles. The maximum Gasteiger partial charge on any atom is 0.223 e. The number of hydrogen-bond donors (Lipinski definition) is 0. The fourth-order valence-corrected chi connectivity index (χ4v) is 3.71. The van der Waals surface area contributed by atoms with Crippen LogP contribution in [-0.4, -0.2) is 47.9 Å². The highest BCUT2D eigenvalue weighted by Gasteiger charge is 2.35. The number of azide groups is 1. The molecular formula is C17H23N5O. The number of likely N-dealkylation sites (tertiary alicyclic amines) is 2. The van der Waals surface area contributed by atoms with Gasteiger partial charge in [-0.15, -0.1) is 0 Å². The van der Waals surface area contributed by atoms with E-state index in [2.05, 4.69) is 39.2 Å². The average molecular weight is 313 g/mol. The van der Waals surface area contributed by atoms with Crippen LogP contribution in [0.5, 0.6) is 0 Å². The van der Waals surface area contributed by atoms with E-state index >= 15 is 0 Å². The van der Waals surface area contributed by atoms with E-state index in [4.69, 9.17) is 5.53 Å². The minimum Gasteiger partial charge on any atom is -0.338 e. The lowest BCUT2D eigenvalue weighted by Crippen LogP contribution is -2.48. The lowest BCUT2D eigenvalue weighted by molar-refractivity contribution is -0.130. The summed E-state index contributed by atoms with van der Waals surface area (Å²) in [6.07, 6.45) is 2.72. The summed E-state index contributed by atoms with van der Waals surface area (Å²) in [4.78, 5) is 19.6. The van der Waals surface area contributed by atoms with Crippen LogP contribution >= 0.6 is 0 Å². The van der Waals surface area contributed by atoms with Crippen molar-refractivity contribution in [3.8, 4) is 0 Å². The van der Waals surface area contributed by atoms with Crippen molar-refractivity contribution in [3.63, 3.8) is 0 Å². The van der Waals surface area contributed by atoms with E-state index in [1.54, 1.807) is 0 Å². The van der Waals surface area contributed by atoms with Crippen LogP contribution in [0.25, 0.3) is 10.4 Å². The van der Waals surface area contributed by atoms with Crippen LogP contribution in [0.1, 0.15) is 24.8 Å². The van der Waals surface area contributed by atoms with Gasteiger partial charge in [-0.3, -0.25) is 9.69 Å². The number of benzene rings is 1. The molecule has 3 rings (SSSR count). The highest BCUT2D eigenvalue weighted by atomic mass is 16.2. The molecule has 2 saturated heterocycles. The van der Waals surface area contributed by atoms with Crippen LogP contribution in [0.3, 0.4) is 0 Å². The first kappa shape index (κ1) is 15.8. The van der Waals surface area contributed by atoms with Crippen LogP contribution < -0.4 is 0 Å². The van der Waals surface area contributed by atoms with Crippen LogP contribution in [0, 0.1) is 5.92 Å². The van der Waals surface area contributed by atoms with Crippen molar-refractivity contribution in [3.05, 3.63) is 46.3 Å². The molecule has 2 aliphatic rings. The molecule has 1 amide bonds. The Hall–Kier alpha value is -2.04. The van der Waals surface area contributed by atoms with Gasteiger partial charge < -0.3 is 4.90 Å². The molecule has 2 aliphatic heterocycles. The molecule has 6 nitrogen and oxygen atoms in total. The van der Waals surface area contributed by atoms with Crippen molar-refractivity contribution in [1.82, 2.24) is 9.80 Å². The van der Waals surface area contributed by atoms with Gasteiger partial charge in [-0.05, 0) is 36.4 Å². The Balaban J connectivity index is 1.58. The second kappa shape index (κ2) is 7.49.